The molecule has 106 valence electrons. The molecule has 0 saturated carbocycles. The zero-order valence-electron chi connectivity index (χ0n) is 11.7. The van der Waals surface area contributed by atoms with E-state index in [0.717, 1.165) is 5.56 Å². The summed E-state index contributed by atoms with van der Waals surface area (Å²) in [5, 5.41) is 3.16. The lowest BCUT2D eigenvalue weighted by Crippen LogP contribution is -2.25. The first-order valence-corrected chi connectivity index (χ1v) is 6.70. The van der Waals surface area contributed by atoms with Gasteiger partial charge >= 0.3 is 0 Å². The molecular formula is C16H18F2N2. The third-order valence-electron chi connectivity index (χ3n) is 3.31. The van der Waals surface area contributed by atoms with Gasteiger partial charge in [0.15, 0.2) is 0 Å². The molecule has 4 heteroatoms. The molecule has 0 amide bonds. The molecule has 2 rings (SSSR count). The molecule has 0 saturated heterocycles. The summed E-state index contributed by atoms with van der Waals surface area (Å²) in [5.74, 6) is -0.974. The Morgan fingerprint density at radius 2 is 1.85 bits per heavy atom. The van der Waals surface area contributed by atoms with Crippen LogP contribution in [0.1, 0.15) is 29.7 Å². The van der Waals surface area contributed by atoms with Gasteiger partial charge in [-0.05, 0) is 49.2 Å². The van der Waals surface area contributed by atoms with E-state index >= 15 is 0 Å². The molecule has 0 fully saturated rings. The summed E-state index contributed by atoms with van der Waals surface area (Å²) in [4.78, 5) is 3.95. The Labute approximate surface area is 117 Å². The molecule has 1 aromatic carbocycles. The Bertz CT molecular complexity index is 570. The number of aryl methyl sites for hydroxylation is 1. The molecule has 1 atom stereocenters. The van der Waals surface area contributed by atoms with E-state index in [1.165, 1.54) is 12.1 Å². The Balaban J connectivity index is 2.36. The summed E-state index contributed by atoms with van der Waals surface area (Å²) < 4.78 is 28.3. The van der Waals surface area contributed by atoms with Crippen LogP contribution in [0.3, 0.4) is 0 Å². The number of benzene rings is 1. The van der Waals surface area contributed by atoms with E-state index in [1.807, 2.05) is 19.1 Å². The van der Waals surface area contributed by atoms with Gasteiger partial charge in [0.05, 0.1) is 0 Å². The van der Waals surface area contributed by atoms with Crippen LogP contribution in [0, 0.1) is 18.6 Å². The second kappa shape index (κ2) is 6.57. The van der Waals surface area contributed by atoms with Gasteiger partial charge in [-0.25, -0.2) is 8.78 Å². The molecule has 0 aliphatic carbocycles. The first-order valence-electron chi connectivity index (χ1n) is 6.70. The van der Waals surface area contributed by atoms with Gasteiger partial charge < -0.3 is 5.32 Å². The maximum Gasteiger partial charge on any atom is 0.133 e. The zero-order chi connectivity index (χ0) is 14.5. The topological polar surface area (TPSA) is 24.9 Å². The number of pyridine rings is 1. The number of rotatable bonds is 5. The van der Waals surface area contributed by atoms with Crippen molar-refractivity contribution in [3.05, 3.63) is 65.0 Å². The van der Waals surface area contributed by atoms with Crippen molar-refractivity contribution in [2.24, 2.45) is 0 Å². The van der Waals surface area contributed by atoms with Gasteiger partial charge in [0.25, 0.3) is 0 Å². The molecule has 0 aliphatic rings. The minimum absolute atomic E-state index is 0.115. The van der Waals surface area contributed by atoms with Gasteiger partial charge in [0, 0.05) is 24.0 Å². The highest BCUT2D eigenvalue weighted by molar-refractivity contribution is 5.30. The summed E-state index contributed by atoms with van der Waals surface area (Å²) >= 11 is 0. The first kappa shape index (κ1) is 14.6. The average molecular weight is 276 g/mol. The zero-order valence-corrected chi connectivity index (χ0v) is 11.7. The van der Waals surface area contributed by atoms with Crippen molar-refractivity contribution >= 4 is 0 Å². The standard InChI is InChI=1S/C16H18F2N2/c1-3-20-14(10-12-6-8-19-9-7-12)15-13(17)5-4-11(2)16(15)18/h4-9,14,20H,3,10H2,1-2H3. The molecule has 0 spiro atoms. The minimum atomic E-state index is -0.506. The maximum atomic E-state index is 14.2. The van der Waals surface area contributed by atoms with Crippen molar-refractivity contribution in [3.63, 3.8) is 0 Å². The number of aromatic nitrogens is 1. The second-order valence-electron chi connectivity index (χ2n) is 4.76. The SMILES string of the molecule is CCNC(Cc1ccncc1)c1c(F)ccc(C)c1F. The van der Waals surface area contributed by atoms with Gasteiger partial charge in [-0.1, -0.05) is 13.0 Å². The second-order valence-corrected chi connectivity index (χ2v) is 4.76. The predicted molar refractivity (Wildman–Crippen MR) is 75.5 cm³/mol. The summed E-state index contributed by atoms with van der Waals surface area (Å²) in [5.41, 5.74) is 1.56. The number of nitrogens with zero attached hydrogens (tertiary/aromatic N) is 1. The fourth-order valence-electron chi connectivity index (χ4n) is 2.28. The molecule has 1 N–H and O–H groups in total. The van der Waals surface area contributed by atoms with Gasteiger partial charge in [-0.2, -0.15) is 0 Å². The number of hydrogen-bond donors (Lipinski definition) is 1. The molecule has 20 heavy (non-hydrogen) atoms. The Kier molecular flexibility index (Phi) is 4.79. The normalized spacial score (nSPS) is 12.4. The van der Waals surface area contributed by atoms with Crippen LogP contribution in [0.25, 0.3) is 0 Å². The van der Waals surface area contributed by atoms with Crippen LogP contribution in [-0.4, -0.2) is 11.5 Å². The molecule has 1 unspecified atom stereocenters. The lowest BCUT2D eigenvalue weighted by Gasteiger charge is -2.20. The highest BCUT2D eigenvalue weighted by Gasteiger charge is 2.21. The highest BCUT2D eigenvalue weighted by Crippen LogP contribution is 2.26. The lowest BCUT2D eigenvalue weighted by atomic mass is 9.96. The lowest BCUT2D eigenvalue weighted by molar-refractivity contribution is 0.470. The van der Waals surface area contributed by atoms with E-state index in [-0.39, 0.29) is 11.6 Å². The van der Waals surface area contributed by atoms with Crippen LogP contribution < -0.4 is 5.32 Å². The maximum absolute atomic E-state index is 14.2. The third-order valence-corrected chi connectivity index (χ3v) is 3.31. The Morgan fingerprint density at radius 3 is 2.50 bits per heavy atom. The fraction of sp³-hybridized carbons (Fsp3) is 0.312. The van der Waals surface area contributed by atoms with E-state index in [2.05, 4.69) is 10.3 Å². The van der Waals surface area contributed by atoms with E-state index in [1.54, 1.807) is 19.3 Å². The van der Waals surface area contributed by atoms with Crippen LogP contribution >= 0.6 is 0 Å². The van der Waals surface area contributed by atoms with Gasteiger partial charge in [0.2, 0.25) is 0 Å². The van der Waals surface area contributed by atoms with Crippen molar-refractivity contribution in [1.29, 1.82) is 0 Å². The largest absolute Gasteiger partial charge is 0.310 e. The van der Waals surface area contributed by atoms with Crippen LogP contribution in [0.4, 0.5) is 8.78 Å². The summed E-state index contributed by atoms with van der Waals surface area (Å²) in [6.07, 6.45) is 3.89. The van der Waals surface area contributed by atoms with Crippen LogP contribution in [0.2, 0.25) is 0 Å². The van der Waals surface area contributed by atoms with Crippen molar-refractivity contribution in [2.45, 2.75) is 26.3 Å². The monoisotopic (exact) mass is 276 g/mol. The van der Waals surface area contributed by atoms with E-state index < -0.39 is 11.6 Å². The van der Waals surface area contributed by atoms with Crippen molar-refractivity contribution in [1.82, 2.24) is 10.3 Å². The number of halogens is 2. The van der Waals surface area contributed by atoms with Crippen molar-refractivity contribution < 1.29 is 8.78 Å². The summed E-state index contributed by atoms with van der Waals surface area (Å²) in [6, 6.07) is 6.11. The number of likely N-dealkylation sites (N-methyl/N-ethyl adjacent to an activating group) is 1. The van der Waals surface area contributed by atoms with Crippen LogP contribution in [0.5, 0.6) is 0 Å². The van der Waals surface area contributed by atoms with Crippen molar-refractivity contribution in [3.8, 4) is 0 Å². The molecule has 2 nitrogen and oxygen atoms in total. The van der Waals surface area contributed by atoms with E-state index in [4.69, 9.17) is 0 Å². The molecule has 0 radical (unpaired) electrons. The van der Waals surface area contributed by atoms with Gasteiger partial charge in [-0.3, -0.25) is 4.98 Å². The smallest absolute Gasteiger partial charge is 0.133 e. The summed E-state index contributed by atoms with van der Waals surface area (Å²) in [7, 11) is 0. The quantitative estimate of drug-likeness (QED) is 0.903. The molecular weight excluding hydrogens is 258 g/mol. The van der Waals surface area contributed by atoms with Crippen LogP contribution in [0.15, 0.2) is 36.7 Å². The Morgan fingerprint density at radius 1 is 1.15 bits per heavy atom. The van der Waals surface area contributed by atoms with Crippen LogP contribution in [-0.2, 0) is 6.42 Å². The van der Waals surface area contributed by atoms with E-state index in [0.29, 0.717) is 18.5 Å². The van der Waals surface area contributed by atoms with E-state index in [9.17, 15) is 8.78 Å². The minimum Gasteiger partial charge on any atom is -0.310 e. The summed E-state index contributed by atoms with van der Waals surface area (Å²) in [6.45, 7) is 4.21. The Hall–Kier alpha value is -1.81. The van der Waals surface area contributed by atoms with Crippen molar-refractivity contribution in [2.75, 3.05) is 6.54 Å². The third kappa shape index (κ3) is 3.20. The molecule has 1 heterocycles. The van der Waals surface area contributed by atoms with Gasteiger partial charge in [-0.15, -0.1) is 0 Å². The molecule has 0 bridgehead atoms. The molecule has 0 aliphatic heterocycles. The highest BCUT2D eigenvalue weighted by atomic mass is 19.1. The number of nitrogens with one attached hydrogen (secondary N) is 1. The van der Waals surface area contributed by atoms with Gasteiger partial charge in [0.1, 0.15) is 11.6 Å². The average Bonchev–Trinajstić information content (AvgIpc) is 2.45. The molecule has 2 aromatic rings. The molecule has 1 aromatic heterocycles. The fourth-order valence-corrected chi connectivity index (χ4v) is 2.28. The first-order chi connectivity index (χ1) is 9.63. The number of hydrogen-bond acceptors (Lipinski definition) is 2. The predicted octanol–water partition coefficient (Wildman–Crippen LogP) is 3.56.